The van der Waals surface area contributed by atoms with E-state index in [2.05, 4.69) is 17.3 Å². The maximum absolute atomic E-state index is 12.0. The van der Waals surface area contributed by atoms with Crippen molar-refractivity contribution in [3.8, 4) is 0 Å². The predicted molar refractivity (Wildman–Crippen MR) is 65.1 cm³/mol. The molecule has 0 fully saturated rings. The summed E-state index contributed by atoms with van der Waals surface area (Å²) < 4.78 is 7.17. The van der Waals surface area contributed by atoms with Crippen molar-refractivity contribution < 1.29 is 9.53 Å². The molecule has 0 amide bonds. The predicted octanol–water partition coefficient (Wildman–Crippen LogP) is 2.04. The minimum Gasteiger partial charge on any atom is -0.456 e. The largest absolute Gasteiger partial charge is 0.456 e. The Balaban J connectivity index is 2.22. The van der Waals surface area contributed by atoms with Crippen LogP contribution in [-0.2, 0) is 11.3 Å². The third-order valence-electron chi connectivity index (χ3n) is 2.62. The molecule has 94 valence electrons. The number of aryl methyl sites for hydroxylation is 1. The van der Waals surface area contributed by atoms with Crippen molar-refractivity contribution in [2.45, 2.75) is 52.3 Å². The molecular weight excluding hydrogens is 218 g/mol. The number of rotatable bonds is 1. The third kappa shape index (κ3) is 2.60. The number of ether oxygens (including phenoxy) is 1. The summed E-state index contributed by atoms with van der Waals surface area (Å²) in [5.41, 5.74) is 0.0399. The van der Waals surface area contributed by atoms with Crippen molar-refractivity contribution in [3.63, 3.8) is 0 Å². The van der Waals surface area contributed by atoms with Crippen molar-refractivity contribution in [1.82, 2.24) is 9.78 Å². The van der Waals surface area contributed by atoms with Crippen LogP contribution in [0.1, 0.15) is 44.5 Å². The molecule has 0 aromatic carbocycles. The Morgan fingerprint density at radius 2 is 2.29 bits per heavy atom. The minimum atomic E-state index is -0.480. The van der Waals surface area contributed by atoms with Crippen LogP contribution in [0.2, 0.25) is 0 Å². The monoisotopic (exact) mass is 237 g/mol. The fourth-order valence-corrected chi connectivity index (χ4v) is 1.81. The molecule has 1 atom stereocenters. The molecular formula is C12H19N3O2. The van der Waals surface area contributed by atoms with E-state index in [0.29, 0.717) is 11.6 Å². The van der Waals surface area contributed by atoms with Gasteiger partial charge >= 0.3 is 5.97 Å². The van der Waals surface area contributed by atoms with Crippen LogP contribution in [0.5, 0.6) is 0 Å². The average Bonchev–Trinajstić information content (AvgIpc) is 2.57. The maximum Gasteiger partial charge on any atom is 0.344 e. The third-order valence-corrected chi connectivity index (χ3v) is 2.62. The Labute approximate surface area is 101 Å². The van der Waals surface area contributed by atoms with Gasteiger partial charge in [-0.15, -0.1) is 0 Å². The molecule has 1 aliphatic heterocycles. The lowest BCUT2D eigenvalue weighted by molar-refractivity contribution is 0.00705. The van der Waals surface area contributed by atoms with Gasteiger partial charge in [-0.3, -0.25) is 0 Å². The molecule has 1 aliphatic rings. The lowest BCUT2D eigenvalue weighted by Gasteiger charge is -2.24. The summed E-state index contributed by atoms with van der Waals surface area (Å²) in [7, 11) is 0. The molecule has 17 heavy (non-hydrogen) atoms. The molecule has 5 nitrogen and oxygen atoms in total. The molecule has 1 unspecified atom stereocenters. The second-order valence-electron chi connectivity index (χ2n) is 5.47. The number of fused-ring (bicyclic) bond motifs is 1. The number of nitrogens with one attached hydrogen (secondary N) is 1. The van der Waals surface area contributed by atoms with Gasteiger partial charge in [-0.1, -0.05) is 0 Å². The normalized spacial score (nSPS) is 19.4. The molecule has 0 radical (unpaired) electrons. The van der Waals surface area contributed by atoms with Crippen molar-refractivity contribution in [2.24, 2.45) is 0 Å². The van der Waals surface area contributed by atoms with E-state index in [-0.39, 0.29) is 5.97 Å². The Kier molecular flexibility index (Phi) is 2.85. The van der Waals surface area contributed by atoms with Crippen molar-refractivity contribution in [3.05, 3.63) is 11.8 Å². The summed E-state index contributed by atoms with van der Waals surface area (Å²) >= 11 is 0. The molecule has 1 N–H and O–H groups in total. The van der Waals surface area contributed by atoms with Crippen LogP contribution in [0.3, 0.4) is 0 Å². The average molecular weight is 237 g/mol. The standard InChI is InChI=1S/C12H19N3O2/c1-8-5-6-15-10(14-8)9(7-13-15)11(16)17-12(2,3)4/h7-8,14H,5-6H2,1-4H3. The van der Waals surface area contributed by atoms with E-state index in [1.165, 1.54) is 0 Å². The van der Waals surface area contributed by atoms with Crippen molar-refractivity contribution >= 4 is 11.8 Å². The van der Waals surface area contributed by atoms with Gasteiger partial charge < -0.3 is 10.1 Å². The molecule has 5 heteroatoms. The maximum atomic E-state index is 12.0. The Bertz CT molecular complexity index is 431. The number of carbonyl (C=O) groups is 1. The van der Waals surface area contributed by atoms with Gasteiger partial charge in [0.1, 0.15) is 17.0 Å². The summed E-state index contributed by atoms with van der Waals surface area (Å²) in [6.07, 6.45) is 2.59. The highest BCUT2D eigenvalue weighted by Gasteiger charge is 2.26. The van der Waals surface area contributed by atoms with Gasteiger partial charge in [0.2, 0.25) is 0 Å². The van der Waals surface area contributed by atoms with Gasteiger partial charge in [-0.2, -0.15) is 5.10 Å². The highest BCUT2D eigenvalue weighted by molar-refractivity contribution is 5.94. The van der Waals surface area contributed by atoms with E-state index in [1.807, 2.05) is 25.5 Å². The molecule has 1 aromatic heterocycles. The molecule has 0 saturated carbocycles. The number of hydrogen-bond acceptors (Lipinski definition) is 4. The van der Waals surface area contributed by atoms with Gasteiger partial charge in [-0.25, -0.2) is 9.48 Å². The highest BCUT2D eigenvalue weighted by Crippen LogP contribution is 2.24. The van der Waals surface area contributed by atoms with Gasteiger partial charge in [0.25, 0.3) is 0 Å². The van der Waals surface area contributed by atoms with Crippen molar-refractivity contribution in [2.75, 3.05) is 5.32 Å². The van der Waals surface area contributed by atoms with Gasteiger partial charge in [0.15, 0.2) is 0 Å². The second-order valence-corrected chi connectivity index (χ2v) is 5.47. The number of anilines is 1. The lowest BCUT2D eigenvalue weighted by atomic mass is 10.1. The Morgan fingerprint density at radius 3 is 2.94 bits per heavy atom. The molecule has 0 aliphatic carbocycles. The number of esters is 1. The van der Waals surface area contributed by atoms with Crippen LogP contribution in [0.4, 0.5) is 5.82 Å². The van der Waals surface area contributed by atoms with Gasteiger partial charge in [0.05, 0.1) is 6.20 Å². The van der Waals surface area contributed by atoms with Crippen LogP contribution < -0.4 is 5.32 Å². The topological polar surface area (TPSA) is 56.2 Å². The zero-order valence-electron chi connectivity index (χ0n) is 10.8. The summed E-state index contributed by atoms with van der Waals surface area (Å²) in [5, 5.41) is 7.47. The highest BCUT2D eigenvalue weighted by atomic mass is 16.6. The SMILES string of the molecule is CC1CCn2ncc(C(=O)OC(C)(C)C)c2N1. The quantitative estimate of drug-likeness (QED) is 0.759. The Morgan fingerprint density at radius 1 is 1.59 bits per heavy atom. The van der Waals surface area contributed by atoms with Crippen molar-refractivity contribution in [1.29, 1.82) is 0 Å². The first-order valence-corrected chi connectivity index (χ1v) is 5.92. The first-order valence-electron chi connectivity index (χ1n) is 5.92. The zero-order valence-corrected chi connectivity index (χ0v) is 10.8. The first-order chi connectivity index (χ1) is 7.87. The van der Waals surface area contributed by atoms with E-state index in [4.69, 9.17) is 4.74 Å². The minimum absolute atomic E-state index is 0.319. The van der Waals surface area contributed by atoms with Crippen LogP contribution >= 0.6 is 0 Å². The fraction of sp³-hybridized carbons (Fsp3) is 0.667. The smallest absolute Gasteiger partial charge is 0.344 e. The van der Waals surface area contributed by atoms with Crippen LogP contribution in [0.25, 0.3) is 0 Å². The Hall–Kier alpha value is -1.52. The summed E-state index contributed by atoms with van der Waals surface area (Å²) in [6.45, 7) is 8.51. The van der Waals surface area contributed by atoms with E-state index in [9.17, 15) is 4.79 Å². The zero-order chi connectivity index (χ0) is 12.6. The number of hydrogen-bond donors (Lipinski definition) is 1. The van der Waals surface area contributed by atoms with E-state index < -0.39 is 5.60 Å². The van der Waals surface area contributed by atoms with Crippen LogP contribution in [0.15, 0.2) is 6.20 Å². The van der Waals surface area contributed by atoms with Crippen LogP contribution in [-0.4, -0.2) is 27.4 Å². The number of nitrogens with zero attached hydrogens (tertiary/aromatic N) is 2. The first kappa shape index (κ1) is 12.0. The molecule has 0 bridgehead atoms. The summed E-state index contributed by atoms with van der Waals surface area (Å²) in [5.74, 6) is 0.457. The summed E-state index contributed by atoms with van der Waals surface area (Å²) in [4.78, 5) is 12.0. The van der Waals surface area contributed by atoms with E-state index >= 15 is 0 Å². The molecule has 2 heterocycles. The van der Waals surface area contributed by atoms with Gasteiger partial charge in [0, 0.05) is 12.6 Å². The molecule has 0 spiro atoms. The van der Waals surface area contributed by atoms with Crippen LogP contribution in [0, 0.1) is 0 Å². The van der Waals surface area contributed by atoms with E-state index in [1.54, 1.807) is 6.20 Å². The number of aromatic nitrogens is 2. The molecule has 2 rings (SSSR count). The second kappa shape index (κ2) is 4.05. The number of carbonyl (C=O) groups excluding carboxylic acids is 1. The lowest BCUT2D eigenvalue weighted by Crippen LogP contribution is -2.28. The van der Waals surface area contributed by atoms with E-state index in [0.717, 1.165) is 18.8 Å². The molecule has 0 saturated heterocycles. The molecule has 1 aromatic rings. The van der Waals surface area contributed by atoms with Gasteiger partial charge in [-0.05, 0) is 34.1 Å². The fourth-order valence-electron chi connectivity index (χ4n) is 1.81. The summed E-state index contributed by atoms with van der Waals surface area (Å²) in [6, 6.07) is 0.361.